The van der Waals surface area contributed by atoms with Crippen LogP contribution in [0.4, 0.5) is 0 Å². The van der Waals surface area contributed by atoms with Crippen LogP contribution < -0.4 is 0 Å². The highest BCUT2D eigenvalue weighted by molar-refractivity contribution is 7.98. The average Bonchev–Trinajstić information content (AvgIpc) is 3.09. The Morgan fingerprint density at radius 3 is 2.48 bits per heavy atom. The topological polar surface area (TPSA) is 43.1 Å². The number of pyridine rings is 2. The largest absolute Gasteiger partial charge is 0.275 e. The lowest BCUT2D eigenvalue weighted by Crippen LogP contribution is -1.94. The summed E-state index contributed by atoms with van der Waals surface area (Å²) < 4.78 is 1.82. The van der Waals surface area contributed by atoms with Gasteiger partial charge in [0, 0.05) is 22.7 Å². The van der Waals surface area contributed by atoms with Crippen molar-refractivity contribution in [2.75, 3.05) is 0 Å². The molecule has 132 valence electrons. The first-order chi connectivity index (χ1) is 13.2. The average molecular weight is 411 g/mol. The number of fused-ring (bicyclic) bond motifs is 4. The molecule has 0 aliphatic rings. The van der Waals surface area contributed by atoms with Crippen LogP contribution in [0.3, 0.4) is 0 Å². The fraction of sp³-hybridized carbons (Fsp3) is 0.0500. The van der Waals surface area contributed by atoms with Crippen LogP contribution >= 0.6 is 35.0 Å². The van der Waals surface area contributed by atoms with Gasteiger partial charge >= 0.3 is 0 Å². The number of aromatic nitrogens is 4. The molecule has 7 heteroatoms. The van der Waals surface area contributed by atoms with Gasteiger partial charge in [0.1, 0.15) is 0 Å². The molecule has 0 atom stereocenters. The molecule has 0 radical (unpaired) electrons. The summed E-state index contributed by atoms with van der Waals surface area (Å²) in [7, 11) is 0. The second kappa shape index (κ2) is 6.68. The first kappa shape index (κ1) is 16.8. The van der Waals surface area contributed by atoms with Gasteiger partial charge in [0.25, 0.3) is 0 Å². The van der Waals surface area contributed by atoms with Gasteiger partial charge in [-0.1, -0.05) is 77.4 Å². The highest BCUT2D eigenvalue weighted by Crippen LogP contribution is 2.31. The molecule has 0 N–H and O–H groups in total. The zero-order chi connectivity index (χ0) is 18.4. The molecule has 0 aliphatic heterocycles. The lowest BCUT2D eigenvalue weighted by atomic mass is 10.0. The molecule has 0 saturated heterocycles. The summed E-state index contributed by atoms with van der Waals surface area (Å²) in [4.78, 5) is 4.89. The predicted molar refractivity (Wildman–Crippen MR) is 112 cm³/mol. The van der Waals surface area contributed by atoms with Crippen molar-refractivity contribution < 1.29 is 0 Å². The van der Waals surface area contributed by atoms with E-state index in [1.54, 1.807) is 24.0 Å². The van der Waals surface area contributed by atoms with Gasteiger partial charge in [-0.15, -0.1) is 10.2 Å². The molecule has 0 saturated carbocycles. The Labute approximate surface area is 169 Å². The predicted octanol–water partition coefficient (Wildman–Crippen LogP) is 6.03. The maximum atomic E-state index is 6.21. The SMILES string of the molecule is Clc1cc(Cl)c2nnc(SCc3nc4ccccc4c4ccccc34)n2c1. The second-order valence-corrected chi connectivity index (χ2v) is 7.88. The van der Waals surface area contributed by atoms with E-state index in [1.165, 1.54) is 5.39 Å². The Balaban J connectivity index is 1.59. The molecule has 27 heavy (non-hydrogen) atoms. The summed E-state index contributed by atoms with van der Waals surface area (Å²) in [6.07, 6.45) is 1.77. The summed E-state index contributed by atoms with van der Waals surface area (Å²) in [6, 6.07) is 18.2. The minimum absolute atomic E-state index is 0.483. The Morgan fingerprint density at radius 1 is 0.889 bits per heavy atom. The zero-order valence-electron chi connectivity index (χ0n) is 13.9. The number of nitrogens with zero attached hydrogens (tertiary/aromatic N) is 4. The van der Waals surface area contributed by atoms with Crippen LogP contribution in [0.15, 0.2) is 66.0 Å². The molecule has 0 spiro atoms. The third-order valence-corrected chi connectivity index (χ3v) is 5.86. The molecule has 0 bridgehead atoms. The van der Waals surface area contributed by atoms with Crippen molar-refractivity contribution >= 4 is 62.3 Å². The van der Waals surface area contributed by atoms with Crippen molar-refractivity contribution in [3.63, 3.8) is 0 Å². The van der Waals surface area contributed by atoms with Crippen LogP contribution in [0.1, 0.15) is 5.69 Å². The van der Waals surface area contributed by atoms with Crippen molar-refractivity contribution in [2.24, 2.45) is 0 Å². The Bertz CT molecular complexity index is 1320. The quantitative estimate of drug-likeness (QED) is 0.269. The monoisotopic (exact) mass is 410 g/mol. The van der Waals surface area contributed by atoms with E-state index in [9.17, 15) is 0 Å². The number of benzene rings is 2. The van der Waals surface area contributed by atoms with Gasteiger partial charge in [0.15, 0.2) is 10.8 Å². The van der Waals surface area contributed by atoms with Crippen LogP contribution in [0.5, 0.6) is 0 Å². The van der Waals surface area contributed by atoms with E-state index in [-0.39, 0.29) is 0 Å². The highest BCUT2D eigenvalue weighted by Gasteiger charge is 2.13. The lowest BCUT2D eigenvalue weighted by molar-refractivity contribution is 0.920. The molecule has 5 aromatic rings. The summed E-state index contributed by atoms with van der Waals surface area (Å²) >= 11 is 13.9. The van der Waals surface area contributed by atoms with Gasteiger partial charge in [-0.05, 0) is 17.5 Å². The van der Waals surface area contributed by atoms with Gasteiger partial charge in [-0.2, -0.15) is 0 Å². The van der Waals surface area contributed by atoms with E-state index in [4.69, 9.17) is 28.2 Å². The van der Waals surface area contributed by atoms with Crippen LogP contribution in [0.2, 0.25) is 10.0 Å². The normalized spacial score (nSPS) is 11.6. The smallest absolute Gasteiger partial charge is 0.196 e. The van der Waals surface area contributed by atoms with Gasteiger partial charge in [-0.25, -0.2) is 0 Å². The summed E-state index contributed by atoms with van der Waals surface area (Å²) in [5.74, 6) is 0.663. The number of para-hydroxylation sites is 1. The summed E-state index contributed by atoms with van der Waals surface area (Å²) in [6.45, 7) is 0. The standard InChI is InChI=1S/C20H12Cl2N4S/c21-12-9-16(22)19-24-25-20(26(19)10-12)27-11-18-15-7-2-1-5-13(15)14-6-3-4-8-17(14)23-18/h1-10H,11H2. The minimum atomic E-state index is 0.483. The molecule has 0 amide bonds. The molecule has 0 fully saturated rings. The molecule has 5 rings (SSSR count). The van der Waals surface area contributed by atoms with Crippen molar-refractivity contribution in [3.8, 4) is 0 Å². The third kappa shape index (κ3) is 2.92. The molecule has 0 unspecified atom stereocenters. The number of hydrogen-bond donors (Lipinski definition) is 0. The zero-order valence-corrected chi connectivity index (χ0v) is 16.3. The van der Waals surface area contributed by atoms with Crippen molar-refractivity contribution in [2.45, 2.75) is 10.9 Å². The van der Waals surface area contributed by atoms with Crippen molar-refractivity contribution in [3.05, 3.63) is 76.5 Å². The Kier molecular flexibility index (Phi) is 4.16. The fourth-order valence-corrected chi connectivity index (χ4v) is 4.59. The van der Waals surface area contributed by atoms with E-state index < -0.39 is 0 Å². The van der Waals surface area contributed by atoms with Crippen LogP contribution in [-0.4, -0.2) is 19.6 Å². The maximum Gasteiger partial charge on any atom is 0.196 e. The van der Waals surface area contributed by atoms with E-state index in [1.807, 2.05) is 28.7 Å². The highest BCUT2D eigenvalue weighted by atomic mass is 35.5. The summed E-state index contributed by atoms with van der Waals surface area (Å²) in [5.41, 5.74) is 2.60. The fourth-order valence-electron chi connectivity index (χ4n) is 3.22. The van der Waals surface area contributed by atoms with Crippen LogP contribution in [0.25, 0.3) is 27.3 Å². The second-order valence-electron chi connectivity index (χ2n) is 6.09. The molecule has 3 aromatic heterocycles. The summed E-state index contributed by atoms with van der Waals surface area (Å²) in [5, 5.41) is 13.7. The van der Waals surface area contributed by atoms with E-state index in [2.05, 4.69) is 34.5 Å². The van der Waals surface area contributed by atoms with Crippen molar-refractivity contribution in [1.29, 1.82) is 0 Å². The number of halogens is 2. The lowest BCUT2D eigenvalue weighted by Gasteiger charge is -2.09. The maximum absolute atomic E-state index is 6.21. The van der Waals surface area contributed by atoms with E-state index >= 15 is 0 Å². The van der Waals surface area contributed by atoms with Gasteiger partial charge in [0.2, 0.25) is 0 Å². The number of hydrogen-bond acceptors (Lipinski definition) is 4. The van der Waals surface area contributed by atoms with Gasteiger partial charge in [0.05, 0.1) is 21.3 Å². The molecular formula is C20H12Cl2N4S. The van der Waals surface area contributed by atoms with Crippen LogP contribution in [0, 0.1) is 0 Å². The Hall–Kier alpha value is -2.34. The first-order valence-corrected chi connectivity index (χ1v) is 10.0. The molecule has 2 aromatic carbocycles. The first-order valence-electron chi connectivity index (χ1n) is 8.29. The molecule has 0 aliphatic carbocycles. The van der Waals surface area contributed by atoms with E-state index in [0.29, 0.717) is 21.4 Å². The van der Waals surface area contributed by atoms with Crippen molar-refractivity contribution in [1.82, 2.24) is 19.6 Å². The van der Waals surface area contributed by atoms with E-state index in [0.717, 1.165) is 27.1 Å². The number of thioether (sulfide) groups is 1. The molecular weight excluding hydrogens is 399 g/mol. The van der Waals surface area contributed by atoms with Gasteiger partial charge < -0.3 is 0 Å². The molecule has 3 heterocycles. The minimum Gasteiger partial charge on any atom is -0.275 e. The Morgan fingerprint density at radius 2 is 1.63 bits per heavy atom. The number of rotatable bonds is 3. The van der Waals surface area contributed by atoms with Crippen LogP contribution in [-0.2, 0) is 5.75 Å². The third-order valence-electron chi connectivity index (χ3n) is 4.42. The van der Waals surface area contributed by atoms with Gasteiger partial charge in [-0.3, -0.25) is 9.38 Å². The molecule has 4 nitrogen and oxygen atoms in total.